The van der Waals surface area contributed by atoms with Crippen molar-refractivity contribution in [2.75, 3.05) is 6.54 Å². The third-order valence-electron chi connectivity index (χ3n) is 5.33. The molecule has 2 N–H and O–H groups in total. The Balaban J connectivity index is 1.75. The Kier molecular flexibility index (Phi) is 5.65. The van der Waals surface area contributed by atoms with Gasteiger partial charge in [-0.25, -0.2) is 4.79 Å². The molecule has 0 saturated carbocycles. The van der Waals surface area contributed by atoms with Crippen LogP contribution in [0.3, 0.4) is 0 Å². The van der Waals surface area contributed by atoms with Crippen molar-refractivity contribution in [3.8, 4) is 0 Å². The van der Waals surface area contributed by atoms with E-state index in [4.69, 9.17) is 0 Å². The summed E-state index contributed by atoms with van der Waals surface area (Å²) < 4.78 is 0. The van der Waals surface area contributed by atoms with Crippen LogP contribution in [0, 0.1) is 0 Å². The van der Waals surface area contributed by atoms with Gasteiger partial charge < -0.3 is 10.6 Å². The molecule has 1 heterocycles. The van der Waals surface area contributed by atoms with Gasteiger partial charge in [-0.3, -0.25) is 19.3 Å². The zero-order valence-electron chi connectivity index (χ0n) is 17.7. The van der Waals surface area contributed by atoms with Crippen LogP contribution in [0.1, 0.15) is 46.1 Å². The third kappa shape index (κ3) is 4.20. The van der Waals surface area contributed by atoms with Crippen molar-refractivity contribution in [1.29, 1.82) is 0 Å². The number of imide groups is 1. The quantitative estimate of drug-likeness (QED) is 0.688. The summed E-state index contributed by atoms with van der Waals surface area (Å²) in [6.45, 7) is 6.64. The highest BCUT2D eigenvalue weighted by molar-refractivity contribution is 6.09. The summed E-state index contributed by atoms with van der Waals surface area (Å²) >= 11 is 0. The van der Waals surface area contributed by atoms with Crippen LogP contribution < -0.4 is 10.6 Å². The number of nitrogens with one attached hydrogen (secondary N) is 2. The highest BCUT2D eigenvalue weighted by atomic mass is 16.2. The van der Waals surface area contributed by atoms with Crippen molar-refractivity contribution in [3.63, 3.8) is 0 Å². The fourth-order valence-electron chi connectivity index (χ4n) is 4.06. The van der Waals surface area contributed by atoms with Crippen molar-refractivity contribution in [1.82, 2.24) is 15.5 Å². The molecule has 0 unspecified atom stereocenters. The van der Waals surface area contributed by atoms with Crippen LogP contribution in [0.5, 0.6) is 0 Å². The van der Waals surface area contributed by atoms with Gasteiger partial charge >= 0.3 is 6.03 Å². The number of benzene rings is 2. The first-order chi connectivity index (χ1) is 14.0. The first kappa shape index (κ1) is 21.5. The molecule has 0 aliphatic carbocycles. The molecule has 0 radical (unpaired) electrons. The van der Waals surface area contributed by atoms with Crippen LogP contribution >= 0.6 is 0 Å². The lowest BCUT2D eigenvalue weighted by Crippen LogP contribution is -2.46. The van der Waals surface area contributed by atoms with Gasteiger partial charge in [-0.15, -0.1) is 0 Å². The summed E-state index contributed by atoms with van der Waals surface area (Å²) in [5, 5.41) is 7.45. The van der Waals surface area contributed by atoms with E-state index in [0.29, 0.717) is 5.56 Å². The third-order valence-corrected chi connectivity index (χ3v) is 5.33. The van der Waals surface area contributed by atoms with E-state index >= 15 is 0 Å². The summed E-state index contributed by atoms with van der Waals surface area (Å²) in [4.78, 5) is 50.5. The molecule has 1 aliphatic heterocycles. The number of ketones is 1. The molecular formula is C23H27N3O4. The summed E-state index contributed by atoms with van der Waals surface area (Å²) in [7, 11) is 0. The van der Waals surface area contributed by atoms with Gasteiger partial charge in [0.25, 0.3) is 5.91 Å². The van der Waals surface area contributed by atoms with Crippen molar-refractivity contribution >= 4 is 34.4 Å². The Morgan fingerprint density at radius 1 is 1.10 bits per heavy atom. The first-order valence-electron chi connectivity index (χ1n) is 9.96. The number of urea groups is 1. The fraction of sp³-hybridized carbons (Fsp3) is 0.391. The maximum atomic E-state index is 13.2. The topological polar surface area (TPSA) is 95.6 Å². The van der Waals surface area contributed by atoms with E-state index in [0.717, 1.165) is 15.7 Å². The standard InChI is InChI=1S/C23H27N3O4/c1-15(27)14-22(2,3)24-19(28)12-13-26-20(29)23(4,25-21(26)30)18-11-7-9-16-8-5-6-10-17(16)18/h5-11H,12-14H2,1-4H3,(H,24,28)(H,25,30)/t23-/m1/s1. The molecule has 7 nitrogen and oxygen atoms in total. The largest absolute Gasteiger partial charge is 0.351 e. The molecule has 2 aromatic rings. The lowest BCUT2D eigenvalue weighted by molar-refractivity contribution is -0.131. The molecule has 0 aromatic heterocycles. The maximum Gasteiger partial charge on any atom is 0.325 e. The van der Waals surface area contributed by atoms with Crippen molar-refractivity contribution in [2.24, 2.45) is 0 Å². The van der Waals surface area contributed by atoms with Gasteiger partial charge in [-0.1, -0.05) is 42.5 Å². The molecule has 1 saturated heterocycles. The fourth-order valence-corrected chi connectivity index (χ4v) is 4.06. The second kappa shape index (κ2) is 7.89. The Bertz CT molecular complexity index is 1020. The van der Waals surface area contributed by atoms with Gasteiger partial charge in [0.1, 0.15) is 11.3 Å². The average Bonchev–Trinajstić information content (AvgIpc) is 2.87. The van der Waals surface area contributed by atoms with Crippen molar-refractivity contribution < 1.29 is 19.2 Å². The molecule has 3 rings (SSSR count). The number of Topliss-reactive ketones (excluding diaryl/α,β-unsaturated/α-hetero) is 1. The monoisotopic (exact) mass is 409 g/mol. The molecule has 1 fully saturated rings. The highest BCUT2D eigenvalue weighted by Gasteiger charge is 2.49. The normalized spacial score (nSPS) is 19.1. The van der Waals surface area contributed by atoms with E-state index < -0.39 is 17.1 Å². The van der Waals surface area contributed by atoms with Gasteiger partial charge in [-0.2, -0.15) is 0 Å². The Hall–Kier alpha value is -3.22. The highest BCUT2D eigenvalue weighted by Crippen LogP contribution is 2.33. The minimum atomic E-state index is -1.21. The predicted molar refractivity (Wildman–Crippen MR) is 114 cm³/mol. The average molecular weight is 409 g/mol. The smallest absolute Gasteiger partial charge is 0.325 e. The summed E-state index contributed by atoms with van der Waals surface area (Å²) in [5.74, 6) is -0.736. The van der Waals surface area contributed by atoms with Gasteiger partial charge in [0.15, 0.2) is 0 Å². The Morgan fingerprint density at radius 2 is 1.77 bits per heavy atom. The SMILES string of the molecule is CC(=O)CC(C)(C)NC(=O)CCN1C(=O)N[C@](C)(c2cccc3ccccc23)C1=O. The van der Waals surface area contributed by atoms with E-state index in [1.54, 1.807) is 20.8 Å². The molecule has 1 aliphatic rings. The predicted octanol–water partition coefficient (Wildman–Crippen LogP) is 2.87. The minimum absolute atomic E-state index is 0.0275. The lowest BCUT2D eigenvalue weighted by Gasteiger charge is -2.26. The number of nitrogens with zero attached hydrogens (tertiary/aromatic N) is 1. The molecule has 30 heavy (non-hydrogen) atoms. The Morgan fingerprint density at radius 3 is 2.47 bits per heavy atom. The Labute approximate surface area is 175 Å². The molecule has 4 amide bonds. The van der Waals surface area contributed by atoms with E-state index in [2.05, 4.69) is 10.6 Å². The zero-order chi connectivity index (χ0) is 22.1. The van der Waals surface area contributed by atoms with E-state index in [1.807, 2.05) is 42.5 Å². The van der Waals surface area contributed by atoms with Crippen LogP contribution in [0.2, 0.25) is 0 Å². The van der Waals surface area contributed by atoms with Crippen molar-refractivity contribution in [3.05, 3.63) is 48.0 Å². The summed E-state index contributed by atoms with van der Waals surface area (Å²) in [5.41, 5.74) is -1.17. The van der Waals surface area contributed by atoms with E-state index in [1.165, 1.54) is 6.92 Å². The molecule has 7 heteroatoms. The van der Waals surface area contributed by atoms with Gasteiger partial charge in [0, 0.05) is 24.9 Å². The second-order valence-electron chi connectivity index (χ2n) is 8.60. The molecule has 0 spiro atoms. The maximum absolute atomic E-state index is 13.2. The van der Waals surface area contributed by atoms with E-state index in [-0.39, 0.29) is 37.0 Å². The van der Waals surface area contributed by atoms with Crippen molar-refractivity contribution in [2.45, 2.75) is 51.6 Å². The molecule has 158 valence electrons. The van der Waals surface area contributed by atoms with Gasteiger partial charge in [0.05, 0.1) is 0 Å². The summed E-state index contributed by atoms with van der Waals surface area (Å²) in [6, 6.07) is 12.8. The van der Waals surface area contributed by atoms with Crippen LogP contribution in [0.25, 0.3) is 10.8 Å². The number of hydrogen-bond acceptors (Lipinski definition) is 4. The van der Waals surface area contributed by atoms with Crippen LogP contribution in [0.15, 0.2) is 42.5 Å². The number of fused-ring (bicyclic) bond motifs is 1. The van der Waals surface area contributed by atoms with Crippen LogP contribution in [-0.2, 0) is 19.9 Å². The first-order valence-corrected chi connectivity index (χ1v) is 9.96. The zero-order valence-corrected chi connectivity index (χ0v) is 17.7. The van der Waals surface area contributed by atoms with Crippen LogP contribution in [0.4, 0.5) is 4.79 Å². The number of hydrogen-bond donors (Lipinski definition) is 2. The number of rotatable bonds is 7. The number of amides is 4. The second-order valence-corrected chi connectivity index (χ2v) is 8.60. The molecule has 1 atom stereocenters. The summed E-state index contributed by atoms with van der Waals surface area (Å²) in [6.07, 6.45) is 0.174. The van der Waals surface area contributed by atoms with Crippen LogP contribution in [-0.4, -0.2) is 40.6 Å². The molecule has 0 bridgehead atoms. The lowest BCUT2D eigenvalue weighted by atomic mass is 9.88. The van der Waals surface area contributed by atoms with Gasteiger partial charge in [-0.05, 0) is 44.0 Å². The molecule has 2 aromatic carbocycles. The van der Waals surface area contributed by atoms with E-state index in [9.17, 15) is 19.2 Å². The molecular weight excluding hydrogens is 382 g/mol. The minimum Gasteiger partial charge on any atom is -0.351 e. The number of carbonyl (C=O) groups is 4. The van der Waals surface area contributed by atoms with Gasteiger partial charge in [0.2, 0.25) is 5.91 Å². The number of carbonyl (C=O) groups excluding carboxylic acids is 4.